The van der Waals surface area contributed by atoms with Gasteiger partial charge in [0.15, 0.2) is 23.9 Å². The molecule has 0 atom stereocenters. The van der Waals surface area contributed by atoms with E-state index < -0.39 is 0 Å². The molecule has 3 aromatic rings. The first-order chi connectivity index (χ1) is 15.5. The van der Waals surface area contributed by atoms with Crippen LogP contribution in [0, 0.1) is 0 Å². The van der Waals surface area contributed by atoms with Crippen molar-refractivity contribution >= 4 is 17.8 Å². The number of nitrogens with zero attached hydrogens (tertiary/aromatic N) is 1. The SMILES string of the molecule is CCOc1cc(/C=C/C(=O)c2ccc(-c3ccccc3)cc2)ccc1OCC(=O)N(C)C. The summed E-state index contributed by atoms with van der Waals surface area (Å²) in [5, 5.41) is 0. The third-order valence-corrected chi connectivity index (χ3v) is 4.82. The fraction of sp³-hybridized carbons (Fsp3) is 0.185. The molecule has 0 saturated heterocycles. The number of hydrogen-bond acceptors (Lipinski definition) is 4. The zero-order chi connectivity index (χ0) is 22.9. The molecule has 164 valence electrons. The highest BCUT2D eigenvalue weighted by molar-refractivity contribution is 6.07. The van der Waals surface area contributed by atoms with Gasteiger partial charge in [-0.2, -0.15) is 0 Å². The van der Waals surface area contributed by atoms with Crippen LogP contribution in [-0.2, 0) is 4.79 Å². The predicted octanol–water partition coefficient (Wildman–Crippen LogP) is 5.12. The molecule has 0 saturated carbocycles. The number of ether oxygens (including phenoxy) is 2. The Labute approximate surface area is 188 Å². The quantitative estimate of drug-likeness (QED) is 0.350. The van der Waals surface area contributed by atoms with Gasteiger partial charge < -0.3 is 14.4 Å². The van der Waals surface area contributed by atoms with Crippen molar-refractivity contribution in [2.45, 2.75) is 6.92 Å². The van der Waals surface area contributed by atoms with Crippen LogP contribution in [0.1, 0.15) is 22.8 Å². The van der Waals surface area contributed by atoms with E-state index in [-0.39, 0.29) is 18.3 Å². The zero-order valence-corrected chi connectivity index (χ0v) is 18.6. The Kier molecular flexibility index (Phi) is 7.81. The molecule has 0 bridgehead atoms. The van der Waals surface area contributed by atoms with Crippen LogP contribution in [0.5, 0.6) is 11.5 Å². The standard InChI is InChI=1S/C27H27NO4/c1-4-31-26-18-20(11-17-25(26)32-19-27(30)28(2)3)10-16-24(29)23-14-12-22(13-15-23)21-8-6-5-7-9-21/h5-18H,4,19H2,1-3H3/b16-10+. The van der Waals surface area contributed by atoms with Gasteiger partial charge in [0.05, 0.1) is 6.61 Å². The molecule has 1 amide bonds. The Bertz CT molecular complexity index is 1090. The molecule has 5 nitrogen and oxygen atoms in total. The van der Waals surface area contributed by atoms with E-state index in [1.807, 2.05) is 67.6 Å². The minimum atomic E-state index is -0.139. The molecule has 3 aromatic carbocycles. The summed E-state index contributed by atoms with van der Waals surface area (Å²) >= 11 is 0. The number of likely N-dealkylation sites (N-methyl/N-ethyl adjacent to an activating group) is 1. The first kappa shape index (κ1) is 22.8. The number of carbonyl (C=O) groups excluding carboxylic acids is 2. The number of hydrogen-bond donors (Lipinski definition) is 0. The molecule has 0 unspecified atom stereocenters. The molecule has 0 spiro atoms. The molecule has 0 N–H and O–H groups in total. The van der Waals surface area contributed by atoms with Crippen molar-refractivity contribution in [2.75, 3.05) is 27.3 Å². The smallest absolute Gasteiger partial charge is 0.259 e. The minimum absolute atomic E-state index is 0.0697. The highest BCUT2D eigenvalue weighted by atomic mass is 16.5. The molecule has 32 heavy (non-hydrogen) atoms. The van der Waals surface area contributed by atoms with Crippen molar-refractivity contribution in [2.24, 2.45) is 0 Å². The summed E-state index contributed by atoms with van der Waals surface area (Å²) in [7, 11) is 3.35. The van der Waals surface area contributed by atoms with Gasteiger partial charge in [0.25, 0.3) is 5.91 Å². The predicted molar refractivity (Wildman–Crippen MR) is 127 cm³/mol. The van der Waals surface area contributed by atoms with Gasteiger partial charge >= 0.3 is 0 Å². The number of carbonyl (C=O) groups is 2. The minimum Gasteiger partial charge on any atom is -0.490 e. The number of allylic oxidation sites excluding steroid dienone is 1. The van der Waals surface area contributed by atoms with Gasteiger partial charge in [-0.15, -0.1) is 0 Å². The molecule has 0 heterocycles. The normalized spacial score (nSPS) is 10.7. The summed E-state index contributed by atoms with van der Waals surface area (Å²) in [6.45, 7) is 2.26. The van der Waals surface area contributed by atoms with Crippen molar-refractivity contribution in [1.29, 1.82) is 0 Å². The Morgan fingerprint density at radius 2 is 1.53 bits per heavy atom. The van der Waals surface area contributed by atoms with E-state index in [0.29, 0.717) is 23.7 Å². The maximum absolute atomic E-state index is 12.6. The maximum atomic E-state index is 12.6. The van der Waals surface area contributed by atoms with Crippen molar-refractivity contribution < 1.29 is 19.1 Å². The fourth-order valence-corrected chi connectivity index (χ4v) is 3.01. The molecule has 0 aliphatic rings. The molecule has 0 aromatic heterocycles. The zero-order valence-electron chi connectivity index (χ0n) is 18.6. The number of ketones is 1. The average Bonchev–Trinajstić information content (AvgIpc) is 2.82. The Hall–Kier alpha value is -3.86. The number of amides is 1. The highest BCUT2D eigenvalue weighted by Gasteiger charge is 2.10. The number of benzene rings is 3. The lowest BCUT2D eigenvalue weighted by Gasteiger charge is -2.14. The molecule has 0 radical (unpaired) electrons. The van der Waals surface area contributed by atoms with Crippen LogP contribution < -0.4 is 9.47 Å². The van der Waals surface area contributed by atoms with Crippen LogP contribution in [0.15, 0.2) is 78.9 Å². The van der Waals surface area contributed by atoms with E-state index in [4.69, 9.17) is 9.47 Å². The summed E-state index contributed by atoms with van der Waals surface area (Å²) in [4.78, 5) is 25.8. The van der Waals surface area contributed by atoms with Gasteiger partial charge in [-0.3, -0.25) is 9.59 Å². The lowest BCUT2D eigenvalue weighted by molar-refractivity contribution is -0.130. The van der Waals surface area contributed by atoms with Crippen molar-refractivity contribution in [3.63, 3.8) is 0 Å². The Morgan fingerprint density at radius 3 is 2.19 bits per heavy atom. The van der Waals surface area contributed by atoms with Gasteiger partial charge in [-0.1, -0.05) is 66.7 Å². The summed E-state index contributed by atoms with van der Waals surface area (Å²) in [5.41, 5.74) is 3.60. The Balaban J connectivity index is 1.70. The first-order valence-corrected chi connectivity index (χ1v) is 10.5. The second kappa shape index (κ2) is 11.0. The third-order valence-electron chi connectivity index (χ3n) is 4.82. The molecule has 0 aliphatic heterocycles. The van der Waals surface area contributed by atoms with Gasteiger partial charge in [0.1, 0.15) is 0 Å². The van der Waals surface area contributed by atoms with Crippen LogP contribution in [0.25, 0.3) is 17.2 Å². The van der Waals surface area contributed by atoms with Gasteiger partial charge in [0, 0.05) is 19.7 Å². The lowest BCUT2D eigenvalue weighted by atomic mass is 10.0. The van der Waals surface area contributed by atoms with Crippen molar-refractivity contribution in [1.82, 2.24) is 4.90 Å². The Morgan fingerprint density at radius 1 is 0.844 bits per heavy atom. The largest absolute Gasteiger partial charge is 0.490 e. The summed E-state index contributed by atoms with van der Waals surface area (Å²) in [6, 6.07) is 23.0. The van der Waals surface area contributed by atoms with Gasteiger partial charge in [-0.05, 0) is 41.8 Å². The molecular formula is C27H27NO4. The van der Waals surface area contributed by atoms with Crippen molar-refractivity contribution in [3.8, 4) is 22.6 Å². The van der Waals surface area contributed by atoms with Crippen molar-refractivity contribution in [3.05, 3.63) is 90.0 Å². The van der Waals surface area contributed by atoms with E-state index in [9.17, 15) is 9.59 Å². The summed E-state index contributed by atoms with van der Waals surface area (Å²) in [5.74, 6) is 0.794. The number of rotatable bonds is 9. The van der Waals surface area contributed by atoms with Crippen LogP contribution in [-0.4, -0.2) is 43.9 Å². The first-order valence-electron chi connectivity index (χ1n) is 10.5. The molecule has 3 rings (SSSR count). The third kappa shape index (κ3) is 6.08. The average molecular weight is 430 g/mol. The summed E-state index contributed by atoms with van der Waals surface area (Å²) < 4.78 is 11.3. The molecule has 0 fully saturated rings. The van der Waals surface area contributed by atoms with Gasteiger partial charge in [-0.25, -0.2) is 0 Å². The monoisotopic (exact) mass is 429 g/mol. The van der Waals surface area contributed by atoms with E-state index in [2.05, 4.69) is 0 Å². The fourth-order valence-electron chi connectivity index (χ4n) is 3.01. The second-order valence-electron chi connectivity index (χ2n) is 7.36. The van der Waals surface area contributed by atoms with Gasteiger partial charge in [0.2, 0.25) is 0 Å². The van der Waals surface area contributed by atoms with E-state index in [1.165, 1.54) is 4.90 Å². The topological polar surface area (TPSA) is 55.8 Å². The molecule has 0 aliphatic carbocycles. The van der Waals surface area contributed by atoms with Crippen LogP contribution in [0.4, 0.5) is 0 Å². The maximum Gasteiger partial charge on any atom is 0.259 e. The van der Waals surface area contributed by atoms with Crippen LogP contribution >= 0.6 is 0 Å². The summed E-state index contributed by atoms with van der Waals surface area (Å²) in [6.07, 6.45) is 3.28. The van der Waals surface area contributed by atoms with Crippen LogP contribution in [0.3, 0.4) is 0 Å². The van der Waals surface area contributed by atoms with E-state index >= 15 is 0 Å². The molecular weight excluding hydrogens is 402 g/mol. The molecule has 5 heteroatoms. The second-order valence-corrected chi connectivity index (χ2v) is 7.36. The highest BCUT2D eigenvalue weighted by Crippen LogP contribution is 2.29. The lowest BCUT2D eigenvalue weighted by Crippen LogP contribution is -2.27. The van der Waals surface area contributed by atoms with Crippen LogP contribution in [0.2, 0.25) is 0 Å². The van der Waals surface area contributed by atoms with E-state index in [1.54, 1.807) is 38.4 Å². The van der Waals surface area contributed by atoms with E-state index in [0.717, 1.165) is 16.7 Å².